The number of hydrogen-bond donors (Lipinski definition) is 2. The molecule has 0 aliphatic carbocycles. The minimum Gasteiger partial charge on any atom is -0.397 e. The van der Waals surface area contributed by atoms with E-state index in [1.807, 2.05) is 0 Å². The summed E-state index contributed by atoms with van der Waals surface area (Å²) >= 11 is 0. The lowest BCUT2D eigenvalue weighted by Gasteiger charge is -2.05. The van der Waals surface area contributed by atoms with E-state index in [0.29, 0.717) is 11.1 Å². The van der Waals surface area contributed by atoms with Crippen molar-refractivity contribution in [2.45, 2.75) is 0 Å². The first kappa shape index (κ1) is 14.9. The molecule has 3 rings (SSSR count). The van der Waals surface area contributed by atoms with E-state index in [0.717, 1.165) is 6.20 Å². The fourth-order valence-electron chi connectivity index (χ4n) is 2.38. The summed E-state index contributed by atoms with van der Waals surface area (Å²) in [4.78, 5) is 20.4. The fraction of sp³-hybridized carbons (Fsp3) is 0.0625. The highest BCUT2D eigenvalue weighted by Crippen LogP contribution is 2.27. The van der Waals surface area contributed by atoms with Crippen molar-refractivity contribution >= 4 is 28.1 Å². The zero-order valence-corrected chi connectivity index (χ0v) is 12.0. The number of nitrogens with zero attached hydrogens (tertiary/aromatic N) is 3. The molecule has 0 atom stereocenters. The van der Waals surface area contributed by atoms with Crippen LogP contribution in [0.1, 0.15) is 15.9 Å². The Bertz CT molecular complexity index is 933. The molecule has 3 aromatic heterocycles. The topological polar surface area (TPSA) is 94.0 Å². The number of aromatic nitrogens is 3. The van der Waals surface area contributed by atoms with E-state index in [-0.39, 0.29) is 34.7 Å². The van der Waals surface area contributed by atoms with Gasteiger partial charge in [-0.15, -0.1) is 0 Å². The van der Waals surface area contributed by atoms with Crippen LogP contribution in [0.5, 0.6) is 0 Å². The molecular weight excluding hydrogens is 299 g/mol. The van der Waals surface area contributed by atoms with E-state index in [1.54, 1.807) is 0 Å². The standard InChI is InChI=1S/C16H13FN4O2/c1-9(8-22)21-7-13(12-5-20-6-14(17)15(12)21)16(23)10-2-11(18)4-19-3-10/h2-7,22H,1,8,18H2. The van der Waals surface area contributed by atoms with Gasteiger partial charge in [-0.05, 0) is 6.07 Å². The van der Waals surface area contributed by atoms with Gasteiger partial charge in [0.25, 0.3) is 0 Å². The molecular formula is C16H13FN4O2. The van der Waals surface area contributed by atoms with Crippen molar-refractivity contribution in [3.63, 3.8) is 0 Å². The van der Waals surface area contributed by atoms with Crippen LogP contribution < -0.4 is 5.73 Å². The molecule has 0 aromatic carbocycles. The second-order valence-corrected chi connectivity index (χ2v) is 4.99. The summed E-state index contributed by atoms with van der Waals surface area (Å²) in [5.74, 6) is -0.978. The van der Waals surface area contributed by atoms with Gasteiger partial charge in [0, 0.05) is 41.4 Å². The molecule has 0 spiro atoms. The van der Waals surface area contributed by atoms with E-state index in [1.165, 1.54) is 35.4 Å². The quantitative estimate of drug-likeness (QED) is 0.717. The van der Waals surface area contributed by atoms with Gasteiger partial charge in [0.15, 0.2) is 11.6 Å². The molecule has 0 radical (unpaired) electrons. The number of hydrogen-bond acceptors (Lipinski definition) is 5. The van der Waals surface area contributed by atoms with E-state index in [2.05, 4.69) is 16.5 Å². The SMILES string of the molecule is C=C(CO)n1cc(C(=O)c2cncc(N)c2)c2cncc(F)c21. The van der Waals surface area contributed by atoms with Crippen molar-refractivity contribution < 1.29 is 14.3 Å². The van der Waals surface area contributed by atoms with Crippen LogP contribution in [0.15, 0.2) is 43.6 Å². The number of halogens is 1. The molecule has 3 aromatic rings. The Labute approximate surface area is 130 Å². The number of carbonyl (C=O) groups excluding carboxylic acids is 1. The minimum atomic E-state index is -0.609. The number of nitrogen functional groups attached to an aromatic ring is 1. The highest BCUT2D eigenvalue weighted by atomic mass is 19.1. The summed E-state index contributed by atoms with van der Waals surface area (Å²) in [6.07, 6.45) is 6.68. The first-order valence-electron chi connectivity index (χ1n) is 6.71. The molecule has 3 heterocycles. The number of nitrogens with two attached hydrogens (primary N) is 1. The lowest BCUT2D eigenvalue weighted by Crippen LogP contribution is -2.03. The van der Waals surface area contributed by atoms with Crippen molar-refractivity contribution in [2.24, 2.45) is 0 Å². The van der Waals surface area contributed by atoms with Crippen molar-refractivity contribution in [1.82, 2.24) is 14.5 Å². The molecule has 0 bridgehead atoms. The highest BCUT2D eigenvalue weighted by molar-refractivity contribution is 6.16. The molecule has 0 aliphatic heterocycles. The number of rotatable bonds is 4. The van der Waals surface area contributed by atoms with Crippen LogP contribution in [-0.4, -0.2) is 32.0 Å². The van der Waals surface area contributed by atoms with Gasteiger partial charge in [0.05, 0.1) is 29.6 Å². The number of ketones is 1. The Morgan fingerprint density at radius 2 is 2.04 bits per heavy atom. The van der Waals surface area contributed by atoms with Gasteiger partial charge >= 0.3 is 0 Å². The Kier molecular flexibility index (Phi) is 3.63. The summed E-state index contributed by atoms with van der Waals surface area (Å²) in [5, 5.41) is 9.60. The van der Waals surface area contributed by atoms with E-state index in [9.17, 15) is 14.3 Å². The predicted molar refractivity (Wildman–Crippen MR) is 84.2 cm³/mol. The zero-order chi connectivity index (χ0) is 16.6. The number of anilines is 1. The number of pyridine rings is 2. The largest absolute Gasteiger partial charge is 0.397 e. The lowest BCUT2D eigenvalue weighted by molar-refractivity contribution is 0.104. The normalized spacial score (nSPS) is 10.9. The maximum absolute atomic E-state index is 14.1. The molecule has 23 heavy (non-hydrogen) atoms. The van der Waals surface area contributed by atoms with Crippen molar-refractivity contribution in [3.8, 4) is 0 Å². The molecule has 0 unspecified atom stereocenters. The first-order valence-corrected chi connectivity index (χ1v) is 6.71. The minimum absolute atomic E-state index is 0.138. The Hall–Kier alpha value is -3.06. The Balaban J connectivity index is 2.24. The van der Waals surface area contributed by atoms with Crippen LogP contribution in [0.25, 0.3) is 16.6 Å². The van der Waals surface area contributed by atoms with Gasteiger partial charge < -0.3 is 15.4 Å². The first-order chi connectivity index (χ1) is 11.0. The third kappa shape index (κ3) is 2.47. The average Bonchev–Trinajstić information content (AvgIpc) is 2.94. The monoisotopic (exact) mass is 312 g/mol. The third-order valence-electron chi connectivity index (χ3n) is 3.45. The summed E-state index contributed by atoms with van der Waals surface area (Å²) < 4.78 is 15.5. The molecule has 6 nitrogen and oxygen atoms in total. The van der Waals surface area contributed by atoms with Gasteiger partial charge in [0.2, 0.25) is 0 Å². The maximum atomic E-state index is 14.1. The van der Waals surface area contributed by atoms with Crippen LogP contribution >= 0.6 is 0 Å². The van der Waals surface area contributed by atoms with Crippen LogP contribution in [-0.2, 0) is 0 Å². The number of fused-ring (bicyclic) bond motifs is 1. The van der Waals surface area contributed by atoms with Crippen LogP contribution in [0.3, 0.4) is 0 Å². The number of carbonyl (C=O) groups is 1. The molecule has 0 aliphatic rings. The van der Waals surface area contributed by atoms with Crippen molar-refractivity contribution in [1.29, 1.82) is 0 Å². The lowest BCUT2D eigenvalue weighted by atomic mass is 10.1. The second-order valence-electron chi connectivity index (χ2n) is 4.99. The summed E-state index contributed by atoms with van der Waals surface area (Å²) in [6.45, 7) is 3.30. The van der Waals surface area contributed by atoms with E-state index in [4.69, 9.17) is 5.73 Å². The maximum Gasteiger partial charge on any atom is 0.196 e. The Morgan fingerprint density at radius 3 is 2.74 bits per heavy atom. The van der Waals surface area contributed by atoms with Crippen LogP contribution in [0.2, 0.25) is 0 Å². The molecule has 0 saturated carbocycles. The molecule has 0 saturated heterocycles. The van der Waals surface area contributed by atoms with Gasteiger partial charge in [-0.1, -0.05) is 6.58 Å². The third-order valence-corrected chi connectivity index (χ3v) is 3.45. The number of aliphatic hydroxyl groups is 1. The van der Waals surface area contributed by atoms with Gasteiger partial charge in [-0.2, -0.15) is 0 Å². The van der Waals surface area contributed by atoms with Crippen LogP contribution in [0, 0.1) is 5.82 Å². The second kappa shape index (κ2) is 5.62. The average molecular weight is 312 g/mol. The van der Waals surface area contributed by atoms with Gasteiger partial charge in [-0.3, -0.25) is 14.8 Å². The molecule has 116 valence electrons. The van der Waals surface area contributed by atoms with Gasteiger partial charge in [0.1, 0.15) is 0 Å². The van der Waals surface area contributed by atoms with Crippen molar-refractivity contribution in [2.75, 3.05) is 12.3 Å². The zero-order valence-electron chi connectivity index (χ0n) is 12.0. The summed E-state index contributed by atoms with van der Waals surface area (Å²) in [7, 11) is 0. The Morgan fingerprint density at radius 1 is 1.30 bits per heavy atom. The molecule has 7 heteroatoms. The summed E-state index contributed by atoms with van der Waals surface area (Å²) in [5.41, 5.74) is 6.89. The smallest absolute Gasteiger partial charge is 0.196 e. The van der Waals surface area contributed by atoms with Crippen LogP contribution in [0.4, 0.5) is 10.1 Å². The van der Waals surface area contributed by atoms with Gasteiger partial charge in [-0.25, -0.2) is 4.39 Å². The molecule has 0 amide bonds. The van der Waals surface area contributed by atoms with Crippen molar-refractivity contribution in [3.05, 3.63) is 60.6 Å². The highest BCUT2D eigenvalue weighted by Gasteiger charge is 2.20. The van der Waals surface area contributed by atoms with E-state index >= 15 is 0 Å². The predicted octanol–water partition coefficient (Wildman–Crippen LogP) is 1.85. The summed E-state index contributed by atoms with van der Waals surface area (Å²) in [6, 6.07) is 1.49. The van der Waals surface area contributed by atoms with E-state index < -0.39 is 5.82 Å². The molecule has 0 fully saturated rings. The fourth-order valence-corrected chi connectivity index (χ4v) is 2.38. The number of aliphatic hydroxyl groups excluding tert-OH is 1. The molecule has 3 N–H and O–H groups in total.